The SMILES string of the molecule is CC[C@H]1C(=O)N(c2cccc(C(F)(F)F)c2)N=C1C. The van der Waals surface area contributed by atoms with E-state index in [0.29, 0.717) is 12.1 Å². The molecule has 0 bridgehead atoms. The van der Waals surface area contributed by atoms with Gasteiger partial charge in [-0.15, -0.1) is 0 Å². The van der Waals surface area contributed by atoms with E-state index in [-0.39, 0.29) is 17.5 Å². The zero-order valence-corrected chi connectivity index (χ0v) is 10.5. The third-order valence-corrected chi connectivity index (χ3v) is 3.10. The van der Waals surface area contributed by atoms with Crippen LogP contribution in [0, 0.1) is 5.92 Å². The van der Waals surface area contributed by atoms with E-state index in [9.17, 15) is 18.0 Å². The molecule has 2 rings (SSSR count). The molecule has 0 N–H and O–H groups in total. The smallest absolute Gasteiger partial charge is 0.272 e. The number of halogens is 3. The summed E-state index contributed by atoms with van der Waals surface area (Å²) in [6.45, 7) is 3.55. The van der Waals surface area contributed by atoms with Gasteiger partial charge in [0.25, 0.3) is 5.91 Å². The lowest BCUT2D eigenvalue weighted by molar-refractivity contribution is -0.137. The maximum Gasteiger partial charge on any atom is 0.416 e. The Morgan fingerprint density at radius 1 is 1.37 bits per heavy atom. The minimum absolute atomic E-state index is 0.148. The van der Waals surface area contributed by atoms with E-state index in [1.165, 1.54) is 12.1 Å². The number of hydrazone groups is 1. The van der Waals surface area contributed by atoms with Gasteiger partial charge in [0.2, 0.25) is 0 Å². The molecule has 19 heavy (non-hydrogen) atoms. The lowest BCUT2D eigenvalue weighted by Crippen LogP contribution is -2.26. The van der Waals surface area contributed by atoms with Gasteiger partial charge >= 0.3 is 6.18 Å². The van der Waals surface area contributed by atoms with Crippen molar-refractivity contribution in [2.45, 2.75) is 26.4 Å². The minimum atomic E-state index is -4.43. The molecule has 1 aliphatic heterocycles. The van der Waals surface area contributed by atoms with Crippen molar-refractivity contribution < 1.29 is 18.0 Å². The Balaban J connectivity index is 2.37. The number of carbonyl (C=O) groups excluding carboxylic acids is 1. The maximum atomic E-state index is 12.6. The van der Waals surface area contributed by atoms with E-state index in [2.05, 4.69) is 5.10 Å². The second kappa shape index (κ2) is 4.68. The van der Waals surface area contributed by atoms with Crippen LogP contribution in [0.2, 0.25) is 0 Å². The molecule has 0 saturated carbocycles. The molecule has 1 aromatic rings. The highest BCUT2D eigenvalue weighted by Crippen LogP contribution is 2.33. The van der Waals surface area contributed by atoms with Gasteiger partial charge in [-0.2, -0.15) is 18.3 Å². The number of amides is 1. The molecule has 102 valence electrons. The summed E-state index contributed by atoms with van der Waals surface area (Å²) in [5.74, 6) is -0.617. The molecule has 1 aliphatic rings. The average molecular weight is 270 g/mol. The summed E-state index contributed by atoms with van der Waals surface area (Å²) in [5, 5.41) is 5.10. The van der Waals surface area contributed by atoms with Crippen LogP contribution in [-0.2, 0) is 11.0 Å². The number of alkyl halides is 3. The second-order valence-corrected chi connectivity index (χ2v) is 4.40. The van der Waals surface area contributed by atoms with Crippen LogP contribution in [0.1, 0.15) is 25.8 Å². The molecule has 3 nitrogen and oxygen atoms in total. The van der Waals surface area contributed by atoms with E-state index < -0.39 is 11.7 Å². The summed E-state index contributed by atoms with van der Waals surface area (Å²) in [6.07, 6.45) is -3.84. The van der Waals surface area contributed by atoms with Gasteiger partial charge in [-0.3, -0.25) is 4.79 Å². The normalized spacial score (nSPS) is 19.8. The number of anilines is 1. The first kappa shape index (κ1) is 13.6. The predicted molar refractivity (Wildman–Crippen MR) is 65.8 cm³/mol. The van der Waals surface area contributed by atoms with Crippen LogP contribution in [0.4, 0.5) is 18.9 Å². The lowest BCUT2D eigenvalue weighted by atomic mass is 10.0. The van der Waals surface area contributed by atoms with Crippen molar-refractivity contribution in [2.24, 2.45) is 11.0 Å². The molecule has 0 spiro atoms. The molecule has 0 radical (unpaired) electrons. The van der Waals surface area contributed by atoms with Gasteiger partial charge in [-0.05, 0) is 31.5 Å². The fraction of sp³-hybridized carbons (Fsp3) is 0.385. The van der Waals surface area contributed by atoms with E-state index in [1.807, 2.05) is 6.92 Å². The lowest BCUT2D eigenvalue weighted by Gasteiger charge is -2.15. The Labute approximate surface area is 108 Å². The number of rotatable bonds is 2. The maximum absolute atomic E-state index is 12.6. The Morgan fingerprint density at radius 3 is 2.58 bits per heavy atom. The fourth-order valence-corrected chi connectivity index (χ4v) is 2.07. The van der Waals surface area contributed by atoms with Crippen LogP contribution < -0.4 is 5.01 Å². The summed E-state index contributed by atoms with van der Waals surface area (Å²) in [6, 6.07) is 4.63. The third-order valence-electron chi connectivity index (χ3n) is 3.10. The van der Waals surface area contributed by atoms with Crippen LogP contribution in [0.3, 0.4) is 0 Å². The van der Waals surface area contributed by atoms with Crippen molar-refractivity contribution in [3.8, 4) is 0 Å². The summed E-state index contributed by atoms with van der Waals surface area (Å²) >= 11 is 0. The zero-order valence-electron chi connectivity index (χ0n) is 10.5. The number of hydrogen-bond acceptors (Lipinski definition) is 2. The van der Waals surface area contributed by atoms with Crippen LogP contribution in [0.5, 0.6) is 0 Å². The summed E-state index contributed by atoms with van der Waals surface area (Å²) < 4.78 is 37.9. The van der Waals surface area contributed by atoms with Gasteiger partial charge in [0, 0.05) is 5.71 Å². The monoisotopic (exact) mass is 270 g/mol. The third kappa shape index (κ3) is 2.47. The van der Waals surface area contributed by atoms with Gasteiger partial charge in [0.15, 0.2) is 0 Å². The van der Waals surface area contributed by atoms with Crippen molar-refractivity contribution in [3.05, 3.63) is 29.8 Å². The van der Waals surface area contributed by atoms with Crippen LogP contribution in [0.25, 0.3) is 0 Å². The van der Waals surface area contributed by atoms with Crippen molar-refractivity contribution in [3.63, 3.8) is 0 Å². The highest BCUT2D eigenvalue weighted by atomic mass is 19.4. The number of nitrogens with zero attached hydrogens (tertiary/aromatic N) is 2. The Bertz CT molecular complexity index is 537. The molecule has 0 aliphatic carbocycles. The molecular weight excluding hydrogens is 257 g/mol. The summed E-state index contributed by atoms with van der Waals surface area (Å²) in [4.78, 5) is 12.0. The Kier molecular flexibility index (Phi) is 3.34. The van der Waals surface area contributed by atoms with Gasteiger partial charge in [0.05, 0.1) is 17.2 Å². The molecule has 0 saturated heterocycles. The molecular formula is C13H13F3N2O. The first-order valence-electron chi connectivity index (χ1n) is 5.91. The first-order valence-corrected chi connectivity index (χ1v) is 5.91. The molecule has 0 aromatic heterocycles. The molecule has 0 fully saturated rings. The second-order valence-electron chi connectivity index (χ2n) is 4.40. The van der Waals surface area contributed by atoms with Gasteiger partial charge in [0.1, 0.15) is 0 Å². The van der Waals surface area contributed by atoms with Crippen LogP contribution >= 0.6 is 0 Å². The van der Waals surface area contributed by atoms with E-state index in [1.54, 1.807) is 6.92 Å². The average Bonchev–Trinajstić information content (AvgIpc) is 2.63. The van der Waals surface area contributed by atoms with Crippen molar-refractivity contribution >= 4 is 17.3 Å². The summed E-state index contributed by atoms with van der Waals surface area (Å²) in [7, 11) is 0. The standard InChI is InChI=1S/C13H13F3N2O/c1-3-11-8(2)17-18(12(11)19)10-6-4-5-9(7-10)13(14,15)16/h4-7,11H,3H2,1-2H3/t11-/m1/s1. The topological polar surface area (TPSA) is 32.7 Å². The van der Waals surface area contributed by atoms with E-state index in [4.69, 9.17) is 0 Å². The molecule has 1 aromatic carbocycles. The fourth-order valence-electron chi connectivity index (χ4n) is 2.07. The van der Waals surface area contributed by atoms with E-state index >= 15 is 0 Å². The summed E-state index contributed by atoms with van der Waals surface area (Å²) in [5.41, 5.74) is -0.00867. The van der Waals surface area contributed by atoms with Gasteiger partial charge < -0.3 is 0 Å². The highest BCUT2D eigenvalue weighted by Gasteiger charge is 2.35. The minimum Gasteiger partial charge on any atom is -0.272 e. The molecule has 1 atom stereocenters. The number of hydrogen-bond donors (Lipinski definition) is 0. The van der Waals surface area contributed by atoms with Crippen LogP contribution in [-0.4, -0.2) is 11.6 Å². The van der Waals surface area contributed by atoms with Crippen molar-refractivity contribution in [1.29, 1.82) is 0 Å². The van der Waals surface area contributed by atoms with Crippen molar-refractivity contribution in [2.75, 3.05) is 5.01 Å². The number of benzene rings is 1. The molecule has 1 amide bonds. The van der Waals surface area contributed by atoms with Crippen LogP contribution in [0.15, 0.2) is 29.4 Å². The van der Waals surface area contributed by atoms with Crippen molar-refractivity contribution in [1.82, 2.24) is 0 Å². The van der Waals surface area contributed by atoms with E-state index in [0.717, 1.165) is 17.1 Å². The Hall–Kier alpha value is -1.85. The molecule has 6 heteroatoms. The Morgan fingerprint density at radius 2 is 2.05 bits per heavy atom. The van der Waals surface area contributed by atoms with Gasteiger partial charge in [-0.1, -0.05) is 13.0 Å². The highest BCUT2D eigenvalue weighted by molar-refractivity contribution is 6.14. The first-order chi connectivity index (χ1) is 8.84. The zero-order chi connectivity index (χ0) is 14.2. The van der Waals surface area contributed by atoms with Gasteiger partial charge in [-0.25, -0.2) is 5.01 Å². The molecule has 0 unspecified atom stereocenters. The number of carbonyl (C=O) groups is 1. The predicted octanol–water partition coefficient (Wildman–Crippen LogP) is 3.45. The quantitative estimate of drug-likeness (QED) is 0.810. The largest absolute Gasteiger partial charge is 0.416 e. The molecule has 1 heterocycles.